The molecule has 0 aliphatic rings. The van der Waals surface area contributed by atoms with Crippen LogP contribution in [0.3, 0.4) is 0 Å². The third-order valence-corrected chi connectivity index (χ3v) is 13.7. The summed E-state index contributed by atoms with van der Waals surface area (Å²) in [5, 5.41) is 3.59. The molecule has 0 fully saturated rings. The molecule has 0 saturated heterocycles. The first kappa shape index (κ1) is 32.7. The van der Waals surface area contributed by atoms with Crippen molar-refractivity contribution in [3.63, 3.8) is 0 Å². The zero-order valence-corrected chi connectivity index (χ0v) is 21.5. The molecule has 2 atom stereocenters. The largest absolute Gasteiger partial charge is 0.460 e. The average molecular weight is 617 g/mol. The minimum atomic E-state index is -7.41. The van der Waals surface area contributed by atoms with Crippen molar-refractivity contribution in [2.45, 2.75) is 48.3 Å². The molecule has 2 aromatic rings. The molecule has 0 spiro atoms. The van der Waals surface area contributed by atoms with Gasteiger partial charge in [0.2, 0.25) is 5.78 Å². The number of para-hydroxylation sites is 1. The van der Waals surface area contributed by atoms with E-state index >= 15 is 8.78 Å². The van der Waals surface area contributed by atoms with Crippen molar-refractivity contribution < 1.29 is 66.8 Å². The van der Waals surface area contributed by atoms with Crippen LogP contribution in [-0.2, 0) is 13.3 Å². The van der Waals surface area contributed by atoms with Gasteiger partial charge in [0.15, 0.2) is 0 Å². The molecule has 220 valence electrons. The van der Waals surface area contributed by atoms with Crippen LogP contribution in [0.1, 0.15) is 24.2 Å². The number of ketones is 1. The number of carbonyl (C=O) groups excluding carboxylic acids is 1. The summed E-state index contributed by atoms with van der Waals surface area (Å²) in [4.78, 5) is 11.0. The summed E-state index contributed by atoms with van der Waals surface area (Å²) in [7, 11) is -12.1. The highest BCUT2D eigenvalue weighted by molar-refractivity contribution is 8.89. The highest BCUT2D eigenvalue weighted by Gasteiger charge is 2.86. The number of rotatable bonds is 12. The lowest BCUT2D eigenvalue weighted by Gasteiger charge is -2.47. The Balaban J connectivity index is 2.87. The molecule has 0 radical (unpaired) electrons. The highest BCUT2D eigenvalue weighted by Crippen LogP contribution is 2.78. The Morgan fingerprint density at radius 1 is 0.846 bits per heavy atom. The lowest BCUT2D eigenvalue weighted by Crippen LogP contribution is -2.63. The van der Waals surface area contributed by atoms with Gasteiger partial charge in [-0.1, -0.05) is 49.4 Å². The predicted octanol–water partition coefficient (Wildman–Crippen LogP) is 6.16. The number of aliphatic hydroxyl groups is 1. The summed E-state index contributed by atoms with van der Waals surface area (Å²) in [6.07, 6.45) is -9.79. The Hall–Kier alpha value is -2.50. The molecule has 2 aromatic carbocycles. The van der Waals surface area contributed by atoms with Gasteiger partial charge in [-0.2, -0.15) is 47.9 Å². The van der Waals surface area contributed by atoms with Crippen molar-refractivity contribution in [1.82, 2.24) is 0 Å². The molecular formula is C22H21F9O6S2. The fraction of sp³-hybridized carbons (Fsp3) is 0.409. The monoisotopic (exact) mass is 616 g/mol. The number of carbonyl (C=O) groups is 1. The summed E-state index contributed by atoms with van der Waals surface area (Å²) < 4.78 is 162. The molecule has 0 amide bonds. The predicted molar refractivity (Wildman–Crippen MR) is 122 cm³/mol. The fourth-order valence-electron chi connectivity index (χ4n) is 3.39. The first-order valence-corrected chi connectivity index (χ1v) is 14.4. The van der Waals surface area contributed by atoms with Gasteiger partial charge in [-0.15, -0.1) is 0 Å². The normalized spacial score (nSPS) is 16.7. The van der Waals surface area contributed by atoms with E-state index in [1.807, 2.05) is 0 Å². The minimum absolute atomic E-state index is 0.194. The number of halogens is 9. The van der Waals surface area contributed by atoms with Crippen LogP contribution in [0.2, 0.25) is 0 Å². The summed E-state index contributed by atoms with van der Waals surface area (Å²) in [5.41, 5.74) is -0.194. The van der Waals surface area contributed by atoms with Crippen molar-refractivity contribution in [3.05, 3.63) is 60.2 Å². The maximum atomic E-state index is 15.7. The number of benzene rings is 2. The second kappa shape index (κ2) is 11.2. The number of hydrogen-bond acceptors (Lipinski definition) is 6. The molecule has 0 aromatic heterocycles. The summed E-state index contributed by atoms with van der Waals surface area (Å²) in [5.74, 6) is -18.8. The first-order chi connectivity index (χ1) is 17.8. The molecule has 17 heteroatoms. The number of hydrogen-bond donors (Lipinski definition) is 1. The van der Waals surface area contributed by atoms with Gasteiger partial charge in [0, 0.05) is 5.56 Å². The van der Waals surface area contributed by atoms with Crippen LogP contribution in [0.5, 0.6) is 5.75 Å². The van der Waals surface area contributed by atoms with Gasteiger partial charge in [0.1, 0.15) is 5.75 Å². The molecule has 39 heavy (non-hydrogen) atoms. The zero-order chi connectivity index (χ0) is 30.1. The Bertz CT molecular complexity index is 1270. The maximum Gasteiger partial charge on any atom is 0.460 e. The Kier molecular flexibility index (Phi) is 9.37. The van der Waals surface area contributed by atoms with Gasteiger partial charge in [-0.05, 0) is 33.9 Å². The van der Waals surface area contributed by atoms with Gasteiger partial charge in [0.25, 0.3) is 6.29 Å². The van der Waals surface area contributed by atoms with Crippen molar-refractivity contribution in [3.8, 4) is 5.75 Å². The topological polar surface area (TPSA) is 89.9 Å². The second-order valence-corrected chi connectivity index (χ2v) is 14.5. The summed E-state index contributed by atoms with van der Waals surface area (Å²) in [6, 6.07) is 9.35. The molecule has 2 unspecified atom stereocenters. The maximum absolute atomic E-state index is 15.7. The van der Waals surface area contributed by atoms with E-state index in [2.05, 4.69) is 4.18 Å². The van der Waals surface area contributed by atoms with E-state index in [-0.39, 0.29) is 5.56 Å². The van der Waals surface area contributed by atoms with Crippen molar-refractivity contribution in [2.24, 2.45) is 0 Å². The van der Waals surface area contributed by atoms with E-state index in [9.17, 15) is 49.1 Å². The van der Waals surface area contributed by atoms with E-state index in [1.165, 1.54) is 30.3 Å². The molecule has 6 nitrogen and oxygen atoms in total. The standard InChI is InChI=1S/C22H21F9O6S2/c1-3-36-39(34,35)38(4-2,22(30,31)20(25,26)19(23,24)21(27,28)29)16-13-9-8-12-15(16)37-18(33)17(32)14-10-6-5-7-11-14/h5-13,18,33H,3-4H2,1-2H3. The number of Topliss-reactive ketones (excluding diaryl/α,β-unsaturated/α-hetero) is 1. The quantitative estimate of drug-likeness (QED) is 0.133. The Morgan fingerprint density at radius 2 is 1.36 bits per heavy atom. The molecule has 1 N–H and O–H groups in total. The van der Waals surface area contributed by atoms with Crippen LogP contribution in [0.25, 0.3) is 0 Å². The highest BCUT2D eigenvalue weighted by atomic mass is 33.2. The lowest BCUT2D eigenvalue weighted by atomic mass is 10.1. The summed E-state index contributed by atoms with van der Waals surface area (Å²) >= 11 is 0. The van der Waals surface area contributed by atoms with Gasteiger partial charge in [0.05, 0.1) is 11.5 Å². The molecule has 2 rings (SSSR count). The molecule has 0 heterocycles. The Morgan fingerprint density at radius 3 is 1.85 bits per heavy atom. The molecule has 0 bridgehead atoms. The zero-order valence-electron chi connectivity index (χ0n) is 19.9. The average Bonchev–Trinajstić information content (AvgIpc) is 2.84. The number of alkyl halides is 9. The third kappa shape index (κ3) is 5.32. The number of ether oxygens (including phenoxy) is 1. The van der Waals surface area contributed by atoms with E-state index in [4.69, 9.17) is 4.74 Å². The van der Waals surface area contributed by atoms with E-state index in [1.54, 1.807) is 0 Å². The van der Waals surface area contributed by atoms with Crippen molar-refractivity contribution in [2.75, 3.05) is 12.4 Å². The van der Waals surface area contributed by atoms with E-state index < -0.39 is 76.6 Å². The van der Waals surface area contributed by atoms with Gasteiger partial charge >= 0.3 is 32.4 Å². The fourth-order valence-corrected chi connectivity index (χ4v) is 10.6. The van der Waals surface area contributed by atoms with Gasteiger partial charge in [-0.3, -0.25) is 8.98 Å². The second-order valence-electron chi connectivity index (χ2n) is 7.59. The van der Waals surface area contributed by atoms with Crippen molar-refractivity contribution in [1.29, 1.82) is 0 Å². The van der Waals surface area contributed by atoms with Crippen LogP contribution in [0.15, 0.2) is 59.5 Å². The third-order valence-electron chi connectivity index (χ3n) is 5.27. The Labute approximate surface area is 217 Å². The SMILES string of the molecule is CCOS(=O)(=O)S(CC)(c1ccccc1OC(O)C(=O)c1ccccc1)C(F)(F)C(F)(F)C(F)(F)C(F)(F)F. The van der Waals surface area contributed by atoms with Crippen LogP contribution in [0.4, 0.5) is 39.5 Å². The van der Waals surface area contributed by atoms with Crippen molar-refractivity contribution >= 4 is 24.0 Å². The number of aliphatic hydroxyl groups excluding tert-OH is 1. The molecule has 0 aliphatic heterocycles. The van der Waals surface area contributed by atoms with Crippen LogP contribution in [-0.4, -0.2) is 61.2 Å². The smallest absolute Gasteiger partial charge is 0.456 e. The first-order valence-electron chi connectivity index (χ1n) is 10.7. The van der Waals surface area contributed by atoms with Gasteiger partial charge in [-0.25, -0.2) is 0 Å². The minimum Gasteiger partial charge on any atom is -0.456 e. The van der Waals surface area contributed by atoms with Crippen LogP contribution >= 0.6 is 9.06 Å². The summed E-state index contributed by atoms with van der Waals surface area (Å²) in [6.45, 7) is 0.444. The van der Waals surface area contributed by atoms with Crippen LogP contribution in [0, 0.1) is 0 Å². The molecular weight excluding hydrogens is 595 g/mol. The van der Waals surface area contributed by atoms with E-state index in [0.29, 0.717) is 19.1 Å². The van der Waals surface area contributed by atoms with Gasteiger partial charge < -0.3 is 9.84 Å². The van der Waals surface area contributed by atoms with Crippen LogP contribution < -0.4 is 4.74 Å². The molecule has 0 aliphatic carbocycles. The lowest BCUT2D eigenvalue weighted by molar-refractivity contribution is -0.381. The van der Waals surface area contributed by atoms with E-state index in [0.717, 1.165) is 19.1 Å². The molecule has 0 saturated carbocycles.